The first kappa shape index (κ1) is 10.2. The molecule has 0 rings (SSSR count). The van der Waals surface area contributed by atoms with E-state index in [0.29, 0.717) is 0 Å². The Morgan fingerprint density at radius 3 is 1.90 bits per heavy atom. The van der Waals surface area contributed by atoms with Gasteiger partial charge in [-0.1, -0.05) is 40.3 Å². The van der Waals surface area contributed by atoms with Crippen molar-refractivity contribution in [3.05, 3.63) is 23.3 Å². The molecule has 0 radical (unpaired) electrons. The van der Waals surface area contributed by atoms with Crippen molar-refractivity contribution < 1.29 is 0 Å². The minimum atomic E-state index is 1.16. The third-order valence-electron chi connectivity index (χ3n) is 1.46. The van der Waals surface area contributed by atoms with Crippen molar-refractivity contribution >= 4 is 22.6 Å². The first-order chi connectivity index (χ1) is 4.59. The predicted octanol–water partition coefficient (Wildman–Crippen LogP) is 3.72. The summed E-state index contributed by atoms with van der Waals surface area (Å²) in [5, 5.41) is 0. The number of rotatable bonds is 3. The van der Waals surface area contributed by atoms with Crippen LogP contribution in [0.4, 0.5) is 0 Å². The van der Waals surface area contributed by atoms with Gasteiger partial charge in [-0.3, -0.25) is 0 Å². The fourth-order valence-electron chi connectivity index (χ4n) is 0.985. The van der Waals surface area contributed by atoms with Crippen molar-refractivity contribution in [1.29, 1.82) is 0 Å². The van der Waals surface area contributed by atoms with Crippen molar-refractivity contribution in [2.24, 2.45) is 0 Å². The van der Waals surface area contributed by atoms with Crippen molar-refractivity contribution in [1.82, 2.24) is 0 Å². The highest BCUT2D eigenvalue weighted by molar-refractivity contribution is 14.1. The van der Waals surface area contributed by atoms with Gasteiger partial charge in [-0.15, -0.1) is 0 Å². The molecule has 0 amide bonds. The summed E-state index contributed by atoms with van der Waals surface area (Å²) in [6.45, 7) is 10.3. The molecule has 0 atom stereocenters. The average molecular weight is 250 g/mol. The molecule has 58 valence electrons. The highest BCUT2D eigenvalue weighted by Crippen LogP contribution is 2.17. The van der Waals surface area contributed by atoms with Crippen LogP contribution in [-0.2, 0) is 0 Å². The Labute approximate surface area is 77.5 Å². The zero-order valence-corrected chi connectivity index (χ0v) is 9.16. The van der Waals surface area contributed by atoms with E-state index in [0.717, 1.165) is 6.42 Å². The first-order valence-electron chi connectivity index (χ1n) is 3.47. The molecular weight excluding hydrogens is 235 g/mol. The Hall–Kier alpha value is 0.210. The Bertz CT molecular complexity index is 150. The third kappa shape index (κ3) is 3.40. The summed E-state index contributed by atoms with van der Waals surface area (Å²) in [5.74, 6) is 0. The molecule has 0 saturated carbocycles. The summed E-state index contributed by atoms with van der Waals surface area (Å²) in [4.78, 5) is 0. The maximum absolute atomic E-state index is 3.93. The standard InChI is InChI=1S/C9H15I/c1-7(2)9(5-6-10)8(3)4/h1,5-6H2,2-4H3. The Morgan fingerprint density at radius 2 is 1.80 bits per heavy atom. The van der Waals surface area contributed by atoms with Crippen LogP contribution >= 0.6 is 22.6 Å². The Morgan fingerprint density at radius 1 is 1.30 bits per heavy atom. The average Bonchev–Trinajstić information content (AvgIpc) is 1.81. The van der Waals surface area contributed by atoms with Crippen LogP contribution in [0, 0.1) is 0 Å². The fourth-order valence-corrected chi connectivity index (χ4v) is 1.52. The molecular formula is C9H15I. The lowest BCUT2D eigenvalue weighted by Gasteiger charge is -2.06. The van der Waals surface area contributed by atoms with Gasteiger partial charge in [0.05, 0.1) is 0 Å². The van der Waals surface area contributed by atoms with Gasteiger partial charge < -0.3 is 0 Å². The van der Waals surface area contributed by atoms with Gasteiger partial charge >= 0.3 is 0 Å². The van der Waals surface area contributed by atoms with Crippen LogP contribution in [-0.4, -0.2) is 4.43 Å². The van der Waals surface area contributed by atoms with E-state index in [1.54, 1.807) is 0 Å². The maximum atomic E-state index is 3.93. The lowest BCUT2D eigenvalue weighted by Crippen LogP contribution is -1.88. The molecule has 0 aromatic rings. The molecule has 0 fully saturated rings. The highest BCUT2D eigenvalue weighted by Gasteiger charge is 1.97. The van der Waals surface area contributed by atoms with E-state index < -0.39 is 0 Å². The topological polar surface area (TPSA) is 0 Å². The van der Waals surface area contributed by atoms with Crippen LogP contribution in [0.2, 0.25) is 0 Å². The lowest BCUT2D eigenvalue weighted by molar-refractivity contribution is 1.09. The SMILES string of the molecule is C=C(C)C(CCI)=C(C)C. The van der Waals surface area contributed by atoms with E-state index in [4.69, 9.17) is 0 Å². The quantitative estimate of drug-likeness (QED) is 0.407. The second-order valence-corrected chi connectivity index (χ2v) is 3.78. The van der Waals surface area contributed by atoms with E-state index in [-0.39, 0.29) is 0 Å². The minimum absolute atomic E-state index is 1.16. The number of hydrogen-bond acceptors (Lipinski definition) is 0. The van der Waals surface area contributed by atoms with Crippen molar-refractivity contribution in [2.75, 3.05) is 4.43 Å². The molecule has 0 spiro atoms. The summed E-state index contributed by atoms with van der Waals surface area (Å²) in [6.07, 6.45) is 1.16. The van der Waals surface area contributed by atoms with Gasteiger partial charge in [-0.2, -0.15) is 0 Å². The van der Waals surface area contributed by atoms with Gasteiger partial charge in [0.1, 0.15) is 0 Å². The summed E-state index contributed by atoms with van der Waals surface area (Å²) in [6, 6.07) is 0. The molecule has 0 aromatic carbocycles. The van der Waals surface area contributed by atoms with Gasteiger partial charge in [0.15, 0.2) is 0 Å². The number of alkyl halides is 1. The number of halogens is 1. The summed E-state index contributed by atoms with van der Waals surface area (Å²) < 4.78 is 1.19. The summed E-state index contributed by atoms with van der Waals surface area (Å²) in [5.41, 5.74) is 4.07. The molecule has 10 heavy (non-hydrogen) atoms. The second kappa shape index (κ2) is 4.94. The smallest absolute Gasteiger partial charge is 0.00359 e. The van der Waals surface area contributed by atoms with Crippen LogP contribution in [0.25, 0.3) is 0 Å². The van der Waals surface area contributed by atoms with Crippen molar-refractivity contribution in [3.63, 3.8) is 0 Å². The molecule has 0 aliphatic heterocycles. The van der Waals surface area contributed by atoms with Crippen molar-refractivity contribution in [3.8, 4) is 0 Å². The zero-order valence-electron chi connectivity index (χ0n) is 7.00. The Kier molecular flexibility index (Phi) is 5.04. The van der Waals surface area contributed by atoms with E-state index >= 15 is 0 Å². The number of allylic oxidation sites excluding steroid dienone is 3. The van der Waals surface area contributed by atoms with Crippen LogP contribution < -0.4 is 0 Å². The predicted molar refractivity (Wildman–Crippen MR) is 56.7 cm³/mol. The highest BCUT2D eigenvalue weighted by atomic mass is 127. The second-order valence-electron chi connectivity index (χ2n) is 2.70. The molecule has 0 aromatic heterocycles. The van der Waals surface area contributed by atoms with Crippen LogP contribution in [0.1, 0.15) is 27.2 Å². The molecule has 0 unspecified atom stereocenters. The summed E-state index contributed by atoms with van der Waals surface area (Å²) in [7, 11) is 0. The van der Waals surface area contributed by atoms with E-state index in [1.165, 1.54) is 21.1 Å². The zero-order chi connectivity index (χ0) is 8.15. The summed E-state index contributed by atoms with van der Waals surface area (Å²) >= 11 is 2.39. The number of hydrogen-bond donors (Lipinski definition) is 0. The lowest BCUT2D eigenvalue weighted by atomic mass is 10.0. The molecule has 0 bridgehead atoms. The van der Waals surface area contributed by atoms with Crippen LogP contribution in [0.3, 0.4) is 0 Å². The first-order valence-corrected chi connectivity index (χ1v) is 5.00. The van der Waals surface area contributed by atoms with E-state index in [1.807, 2.05) is 0 Å². The largest absolute Gasteiger partial charge is 0.0958 e. The van der Waals surface area contributed by atoms with Crippen LogP contribution in [0.5, 0.6) is 0 Å². The van der Waals surface area contributed by atoms with Crippen molar-refractivity contribution in [2.45, 2.75) is 27.2 Å². The third-order valence-corrected chi connectivity index (χ3v) is 2.00. The molecule has 0 N–H and O–H groups in total. The maximum Gasteiger partial charge on any atom is 0.00359 e. The van der Waals surface area contributed by atoms with Gasteiger partial charge in [0.2, 0.25) is 0 Å². The molecule has 0 aliphatic rings. The van der Waals surface area contributed by atoms with Gasteiger partial charge in [-0.25, -0.2) is 0 Å². The van der Waals surface area contributed by atoms with E-state index in [2.05, 4.69) is 49.9 Å². The fraction of sp³-hybridized carbons (Fsp3) is 0.556. The Balaban J connectivity index is 4.28. The molecule has 0 aliphatic carbocycles. The van der Waals surface area contributed by atoms with Gasteiger partial charge in [-0.05, 0) is 32.8 Å². The van der Waals surface area contributed by atoms with Gasteiger partial charge in [0.25, 0.3) is 0 Å². The normalized spacial score (nSPS) is 9.20. The minimum Gasteiger partial charge on any atom is -0.0958 e. The van der Waals surface area contributed by atoms with E-state index in [9.17, 15) is 0 Å². The molecule has 0 heterocycles. The molecule has 0 nitrogen and oxygen atoms in total. The van der Waals surface area contributed by atoms with Crippen LogP contribution in [0.15, 0.2) is 23.3 Å². The molecule has 1 heteroatoms. The van der Waals surface area contributed by atoms with Gasteiger partial charge in [0, 0.05) is 4.43 Å². The molecule has 0 saturated heterocycles. The monoisotopic (exact) mass is 250 g/mol.